The summed E-state index contributed by atoms with van der Waals surface area (Å²) in [6.07, 6.45) is 6.99. The van der Waals surface area contributed by atoms with E-state index in [-0.39, 0.29) is 12.0 Å². The summed E-state index contributed by atoms with van der Waals surface area (Å²) < 4.78 is 5.97. The summed E-state index contributed by atoms with van der Waals surface area (Å²) in [6, 6.07) is 2.28. The van der Waals surface area contributed by atoms with Crippen LogP contribution in [-0.4, -0.2) is 35.2 Å². The van der Waals surface area contributed by atoms with Gasteiger partial charge in [-0.1, -0.05) is 26.2 Å². The number of rotatable bonds is 5. The predicted octanol–water partition coefficient (Wildman–Crippen LogP) is 2.63. The van der Waals surface area contributed by atoms with Crippen molar-refractivity contribution in [1.29, 1.82) is 5.26 Å². The number of nitriles is 1. The lowest BCUT2D eigenvalue weighted by Gasteiger charge is -2.29. The Bertz CT molecular complexity index is 369. The molecule has 5 heteroatoms. The number of nitrogens with one attached hydrogen (secondary N) is 1. The third-order valence-electron chi connectivity index (χ3n) is 4.17. The van der Waals surface area contributed by atoms with Crippen LogP contribution >= 0.6 is 11.8 Å². The fourth-order valence-corrected chi connectivity index (χ4v) is 4.14. The second-order valence-electron chi connectivity index (χ2n) is 5.78. The average molecular weight is 296 g/mol. The van der Waals surface area contributed by atoms with Crippen molar-refractivity contribution < 1.29 is 9.53 Å². The zero-order valence-electron chi connectivity index (χ0n) is 12.2. The van der Waals surface area contributed by atoms with Gasteiger partial charge in [-0.3, -0.25) is 4.79 Å². The maximum Gasteiger partial charge on any atom is 0.250 e. The van der Waals surface area contributed by atoms with Crippen molar-refractivity contribution in [2.45, 2.75) is 69.6 Å². The van der Waals surface area contributed by atoms with E-state index in [1.165, 1.54) is 19.3 Å². The molecule has 1 N–H and O–H groups in total. The van der Waals surface area contributed by atoms with E-state index in [1.807, 2.05) is 6.92 Å². The molecule has 1 saturated carbocycles. The molecule has 2 aliphatic rings. The number of ether oxygens (including phenoxy) is 1. The summed E-state index contributed by atoms with van der Waals surface area (Å²) >= 11 is 1.72. The SMILES string of the molecule is CC[C@@H](OC1CCCCC1)C(=O)N[C@@]1(C#N)CCSC1. The Labute approximate surface area is 125 Å². The van der Waals surface area contributed by atoms with E-state index in [1.54, 1.807) is 11.8 Å². The standard InChI is InChI=1S/C15H24N2O2S/c1-2-13(19-12-6-4-3-5-7-12)14(18)17-15(10-16)8-9-20-11-15/h12-13H,2-9,11H2,1H3,(H,17,18)/t13-,15-/m1/s1. The van der Waals surface area contributed by atoms with E-state index in [0.717, 1.165) is 25.0 Å². The molecule has 1 amide bonds. The largest absolute Gasteiger partial charge is 0.365 e. The number of hydrogen-bond donors (Lipinski definition) is 1. The molecule has 1 aliphatic heterocycles. The first-order valence-electron chi connectivity index (χ1n) is 7.65. The minimum Gasteiger partial charge on any atom is -0.365 e. The smallest absolute Gasteiger partial charge is 0.250 e. The van der Waals surface area contributed by atoms with Crippen molar-refractivity contribution in [3.05, 3.63) is 0 Å². The fraction of sp³-hybridized carbons (Fsp3) is 0.867. The molecule has 20 heavy (non-hydrogen) atoms. The molecule has 112 valence electrons. The van der Waals surface area contributed by atoms with Gasteiger partial charge in [0.15, 0.2) is 0 Å². The maximum atomic E-state index is 12.4. The number of hydrogen-bond acceptors (Lipinski definition) is 4. The summed E-state index contributed by atoms with van der Waals surface area (Å²) in [5.41, 5.74) is -0.676. The molecular weight excluding hydrogens is 272 g/mol. The molecule has 2 rings (SSSR count). The van der Waals surface area contributed by atoms with Crippen LogP contribution in [-0.2, 0) is 9.53 Å². The molecule has 0 spiro atoms. The van der Waals surface area contributed by atoms with Gasteiger partial charge in [0.25, 0.3) is 0 Å². The van der Waals surface area contributed by atoms with Crippen molar-refractivity contribution in [1.82, 2.24) is 5.32 Å². The van der Waals surface area contributed by atoms with Crippen LogP contribution in [0.5, 0.6) is 0 Å². The van der Waals surface area contributed by atoms with E-state index in [9.17, 15) is 10.1 Å². The maximum absolute atomic E-state index is 12.4. The molecule has 0 bridgehead atoms. The summed E-state index contributed by atoms with van der Waals surface area (Å²) in [7, 11) is 0. The lowest BCUT2D eigenvalue weighted by Crippen LogP contribution is -2.52. The quantitative estimate of drug-likeness (QED) is 0.847. The Balaban J connectivity index is 1.89. The van der Waals surface area contributed by atoms with Crippen LogP contribution in [0.25, 0.3) is 0 Å². The summed E-state index contributed by atoms with van der Waals surface area (Å²) in [4.78, 5) is 12.4. The Hall–Kier alpha value is -0.730. The average Bonchev–Trinajstić information content (AvgIpc) is 2.94. The molecule has 2 atom stereocenters. The molecule has 4 nitrogen and oxygen atoms in total. The van der Waals surface area contributed by atoms with Crippen LogP contribution in [0, 0.1) is 11.3 Å². The minimum atomic E-state index is -0.676. The van der Waals surface area contributed by atoms with Gasteiger partial charge >= 0.3 is 0 Å². The van der Waals surface area contributed by atoms with Crippen molar-refractivity contribution in [3.8, 4) is 6.07 Å². The highest BCUT2D eigenvalue weighted by Gasteiger charge is 2.38. The highest BCUT2D eigenvalue weighted by molar-refractivity contribution is 7.99. The summed E-state index contributed by atoms with van der Waals surface area (Å²) in [5.74, 6) is 1.52. The monoisotopic (exact) mass is 296 g/mol. The van der Waals surface area contributed by atoms with Gasteiger partial charge in [0, 0.05) is 5.75 Å². The second-order valence-corrected chi connectivity index (χ2v) is 6.88. The van der Waals surface area contributed by atoms with Crippen molar-refractivity contribution in [2.75, 3.05) is 11.5 Å². The van der Waals surface area contributed by atoms with Crippen molar-refractivity contribution in [2.24, 2.45) is 0 Å². The second kappa shape index (κ2) is 7.33. The minimum absolute atomic E-state index is 0.109. The molecule has 2 fully saturated rings. The van der Waals surface area contributed by atoms with Crippen LogP contribution < -0.4 is 5.32 Å². The van der Waals surface area contributed by atoms with Gasteiger partial charge in [-0.25, -0.2) is 0 Å². The van der Waals surface area contributed by atoms with Gasteiger partial charge in [-0.2, -0.15) is 17.0 Å². The van der Waals surface area contributed by atoms with Crippen LogP contribution in [0.2, 0.25) is 0 Å². The zero-order valence-corrected chi connectivity index (χ0v) is 13.0. The third kappa shape index (κ3) is 3.89. The fourth-order valence-electron chi connectivity index (χ4n) is 2.87. The highest BCUT2D eigenvalue weighted by Crippen LogP contribution is 2.28. The van der Waals surface area contributed by atoms with Crippen LogP contribution in [0.3, 0.4) is 0 Å². The number of thioether (sulfide) groups is 1. The van der Waals surface area contributed by atoms with Crippen LogP contribution in [0.1, 0.15) is 51.9 Å². The van der Waals surface area contributed by atoms with E-state index in [2.05, 4.69) is 11.4 Å². The summed E-state index contributed by atoms with van der Waals surface area (Å²) in [6.45, 7) is 1.97. The first kappa shape index (κ1) is 15.7. The normalized spacial score (nSPS) is 28.8. The number of nitrogens with zero attached hydrogens (tertiary/aromatic N) is 1. The molecule has 1 heterocycles. The molecule has 0 unspecified atom stereocenters. The van der Waals surface area contributed by atoms with E-state index >= 15 is 0 Å². The van der Waals surface area contributed by atoms with Gasteiger partial charge in [-0.05, 0) is 31.4 Å². The van der Waals surface area contributed by atoms with E-state index in [4.69, 9.17) is 4.74 Å². The molecule has 0 aromatic carbocycles. The van der Waals surface area contributed by atoms with Crippen molar-refractivity contribution >= 4 is 17.7 Å². The molecular formula is C15H24N2O2S. The first-order valence-corrected chi connectivity index (χ1v) is 8.81. The van der Waals surface area contributed by atoms with Gasteiger partial charge < -0.3 is 10.1 Å². The number of amides is 1. The molecule has 1 aliphatic carbocycles. The highest BCUT2D eigenvalue weighted by atomic mass is 32.2. The Morgan fingerprint density at radius 3 is 2.80 bits per heavy atom. The Kier molecular flexibility index (Phi) is 5.74. The van der Waals surface area contributed by atoms with E-state index < -0.39 is 11.6 Å². The van der Waals surface area contributed by atoms with Gasteiger partial charge in [0.1, 0.15) is 11.6 Å². The zero-order chi connectivity index (χ0) is 14.4. The van der Waals surface area contributed by atoms with E-state index in [0.29, 0.717) is 12.2 Å². The van der Waals surface area contributed by atoms with Crippen LogP contribution in [0.4, 0.5) is 0 Å². The number of carbonyl (C=O) groups excluding carboxylic acids is 1. The van der Waals surface area contributed by atoms with Gasteiger partial charge in [0.05, 0.1) is 12.2 Å². The Morgan fingerprint density at radius 2 is 2.25 bits per heavy atom. The molecule has 0 radical (unpaired) electrons. The third-order valence-corrected chi connectivity index (χ3v) is 5.36. The molecule has 0 aromatic heterocycles. The van der Waals surface area contributed by atoms with Gasteiger partial charge in [0.2, 0.25) is 5.91 Å². The van der Waals surface area contributed by atoms with Crippen molar-refractivity contribution in [3.63, 3.8) is 0 Å². The predicted molar refractivity (Wildman–Crippen MR) is 80.5 cm³/mol. The molecule has 1 saturated heterocycles. The van der Waals surface area contributed by atoms with Crippen LogP contribution in [0.15, 0.2) is 0 Å². The van der Waals surface area contributed by atoms with Gasteiger partial charge in [-0.15, -0.1) is 0 Å². The Morgan fingerprint density at radius 1 is 1.50 bits per heavy atom. The number of carbonyl (C=O) groups is 1. The first-order chi connectivity index (χ1) is 9.69. The summed E-state index contributed by atoms with van der Waals surface area (Å²) in [5, 5.41) is 12.3. The molecule has 0 aromatic rings. The lowest BCUT2D eigenvalue weighted by atomic mass is 9.97. The lowest BCUT2D eigenvalue weighted by molar-refractivity contribution is -0.139. The topological polar surface area (TPSA) is 62.1 Å².